The molecule has 1 fully saturated rings. The third-order valence-corrected chi connectivity index (χ3v) is 5.41. The second-order valence-corrected chi connectivity index (χ2v) is 7.77. The van der Waals surface area contributed by atoms with E-state index >= 15 is 0 Å². The van der Waals surface area contributed by atoms with Crippen LogP contribution in [0.2, 0.25) is 5.02 Å². The summed E-state index contributed by atoms with van der Waals surface area (Å²) in [5.41, 5.74) is -0.477. The number of nitrogens with one attached hydrogen (secondary N) is 1. The zero-order valence-corrected chi connectivity index (χ0v) is 17.2. The number of aliphatic hydroxyl groups is 2. The number of β-amino-alcohol motifs (C(OH)–C–C–N with tert-alkyl or cyclic N) is 1. The predicted molar refractivity (Wildman–Crippen MR) is 108 cm³/mol. The summed E-state index contributed by atoms with van der Waals surface area (Å²) in [4.78, 5) is 25.7. The molecule has 2 aromatic carbocycles. The summed E-state index contributed by atoms with van der Waals surface area (Å²) in [6, 6.07) is 7.00. The van der Waals surface area contributed by atoms with Gasteiger partial charge < -0.3 is 20.4 Å². The number of amides is 2. The molecule has 0 aromatic heterocycles. The maximum Gasteiger partial charge on any atom is 0.351 e. The molecule has 6 nitrogen and oxygen atoms in total. The molecule has 0 saturated carbocycles. The molecular formula is C21H20ClF3N2O4. The Morgan fingerprint density at radius 1 is 1.16 bits per heavy atom. The van der Waals surface area contributed by atoms with E-state index in [1.807, 2.05) is 0 Å². The highest BCUT2D eigenvalue weighted by atomic mass is 35.5. The van der Waals surface area contributed by atoms with Crippen molar-refractivity contribution in [2.75, 3.05) is 18.4 Å². The summed E-state index contributed by atoms with van der Waals surface area (Å²) in [6.45, 7) is 0.903. The molecular weight excluding hydrogens is 437 g/mol. The minimum atomic E-state index is -4.07. The van der Waals surface area contributed by atoms with Crippen molar-refractivity contribution in [3.8, 4) is 0 Å². The van der Waals surface area contributed by atoms with E-state index in [0.29, 0.717) is 5.56 Å². The molecule has 1 saturated heterocycles. The average Bonchev–Trinajstić information content (AvgIpc) is 2.72. The minimum absolute atomic E-state index is 0.0454. The van der Waals surface area contributed by atoms with Crippen molar-refractivity contribution >= 4 is 29.1 Å². The molecule has 1 aliphatic heterocycles. The molecule has 1 aliphatic rings. The maximum atomic E-state index is 15.0. The van der Waals surface area contributed by atoms with Gasteiger partial charge in [-0.1, -0.05) is 11.6 Å². The van der Waals surface area contributed by atoms with Crippen LogP contribution in [0.15, 0.2) is 36.4 Å². The normalized spacial score (nSPS) is 19.3. The number of rotatable bonds is 4. The SMILES string of the molecule is Cc1cc(NC(=O)c2ccc(Cl)c(C(F)(F)C(=O)N3CC[C@H](O)[C@H](O)C3)c2)ccc1F. The fourth-order valence-corrected chi connectivity index (χ4v) is 3.49. The molecule has 2 aromatic rings. The van der Waals surface area contributed by atoms with Gasteiger partial charge in [-0.25, -0.2) is 4.39 Å². The van der Waals surface area contributed by atoms with Crippen LogP contribution in [0.5, 0.6) is 0 Å². The molecule has 0 spiro atoms. The molecule has 2 amide bonds. The minimum Gasteiger partial charge on any atom is -0.390 e. The molecule has 0 unspecified atom stereocenters. The first-order valence-corrected chi connectivity index (χ1v) is 9.79. The Balaban J connectivity index is 1.84. The lowest BCUT2D eigenvalue weighted by Gasteiger charge is -2.35. The highest BCUT2D eigenvalue weighted by Crippen LogP contribution is 2.36. The zero-order valence-electron chi connectivity index (χ0n) is 16.4. The molecule has 0 bridgehead atoms. The Kier molecular flexibility index (Phi) is 6.59. The molecule has 1 heterocycles. The quantitative estimate of drug-likeness (QED) is 0.659. The number of hydrogen-bond acceptors (Lipinski definition) is 4. The van der Waals surface area contributed by atoms with Gasteiger partial charge in [-0.3, -0.25) is 9.59 Å². The third-order valence-electron chi connectivity index (χ3n) is 5.08. The Labute approximate surface area is 181 Å². The van der Waals surface area contributed by atoms with Crippen LogP contribution in [0.3, 0.4) is 0 Å². The van der Waals surface area contributed by atoms with E-state index in [2.05, 4.69) is 5.32 Å². The number of anilines is 1. The van der Waals surface area contributed by atoms with Crippen LogP contribution in [0.1, 0.15) is 27.9 Å². The summed E-state index contributed by atoms with van der Waals surface area (Å²) >= 11 is 5.91. The van der Waals surface area contributed by atoms with Crippen molar-refractivity contribution in [2.45, 2.75) is 31.5 Å². The van der Waals surface area contributed by atoms with Gasteiger partial charge in [0.1, 0.15) is 5.82 Å². The Bertz CT molecular complexity index is 1020. The number of carbonyl (C=O) groups is 2. The van der Waals surface area contributed by atoms with Crippen molar-refractivity contribution in [3.63, 3.8) is 0 Å². The number of aryl methyl sites for hydroxylation is 1. The van der Waals surface area contributed by atoms with E-state index in [1.54, 1.807) is 0 Å². The first kappa shape index (κ1) is 23.1. The van der Waals surface area contributed by atoms with E-state index in [4.69, 9.17) is 11.6 Å². The maximum absolute atomic E-state index is 15.0. The number of hydrogen-bond donors (Lipinski definition) is 3. The summed E-state index contributed by atoms with van der Waals surface area (Å²) < 4.78 is 43.4. The Hall–Kier alpha value is -2.62. The van der Waals surface area contributed by atoms with E-state index in [-0.39, 0.29) is 24.2 Å². The lowest BCUT2D eigenvalue weighted by Crippen LogP contribution is -2.52. The number of benzene rings is 2. The van der Waals surface area contributed by atoms with Crippen molar-refractivity contribution in [3.05, 3.63) is 63.9 Å². The summed E-state index contributed by atoms with van der Waals surface area (Å²) in [7, 11) is 0. The molecule has 10 heteroatoms. The first-order chi connectivity index (χ1) is 14.5. The topological polar surface area (TPSA) is 89.9 Å². The Morgan fingerprint density at radius 3 is 2.52 bits per heavy atom. The van der Waals surface area contributed by atoms with Crippen LogP contribution < -0.4 is 5.32 Å². The van der Waals surface area contributed by atoms with Crippen LogP contribution in [0.25, 0.3) is 0 Å². The Morgan fingerprint density at radius 2 is 1.87 bits per heavy atom. The zero-order chi connectivity index (χ0) is 22.9. The highest BCUT2D eigenvalue weighted by Gasteiger charge is 2.47. The second kappa shape index (κ2) is 8.86. The van der Waals surface area contributed by atoms with Crippen molar-refractivity contribution in [1.29, 1.82) is 0 Å². The molecule has 3 N–H and O–H groups in total. The van der Waals surface area contributed by atoms with Gasteiger partial charge in [0.2, 0.25) is 0 Å². The van der Waals surface area contributed by atoms with E-state index in [9.17, 15) is 33.0 Å². The average molecular weight is 457 g/mol. The number of nitrogens with zero attached hydrogens (tertiary/aromatic N) is 1. The van der Waals surface area contributed by atoms with E-state index in [0.717, 1.165) is 23.1 Å². The van der Waals surface area contributed by atoms with Gasteiger partial charge in [0.25, 0.3) is 11.8 Å². The smallest absolute Gasteiger partial charge is 0.351 e. The van der Waals surface area contributed by atoms with E-state index in [1.165, 1.54) is 25.1 Å². The molecule has 0 aliphatic carbocycles. The third kappa shape index (κ3) is 4.84. The number of piperidine rings is 1. The molecule has 2 atom stereocenters. The molecule has 0 radical (unpaired) electrons. The fourth-order valence-electron chi connectivity index (χ4n) is 3.25. The standard InChI is InChI=1S/C21H20ClF3N2O4/c1-11-8-13(3-5-16(11)23)26-19(30)12-2-4-15(22)14(9-12)21(24,25)20(31)27-7-6-17(28)18(29)10-27/h2-5,8-9,17-18,28-29H,6-7,10H2,1H3,(H,26,30)/t17-,18+/m0/s1. The van der Waals surface area contributed by atoms with Crippen LogP contribution >= 0.6 is 11.6 Å². The van der Waals surface area contributed by atoms with Gasteiger partial charge in [0.05, 0.1) is 22.8 Å². The van der Waals surface area contributed by atoms with Crippen LogP contribution in [-0.2, 0) is 10.7 Å². The number of halogens is 4. The molecule has 3 rings (SSSR count). The van der Waals surface area contributed by atoms with Crippen molar-refractivity contribution in [1.82, 2.24) is 4.90 Å². The van der Waals surface area contributed by atoms with Gasteiger partial charge in [-0.05, 0) is 55.3 Å². The van der Waals surface area contributed by atoms with Gasteiger partial charge >= 0.3 is 5.92 Å². The number of likely N-dealkylation sites (tertiary alicyclic amines) is 1. The summed E-state index contributed by atoms with van der Waals surface area (Å²) in [5, 5.41) is 21.3. The van der Waals surface area contributed by atoms with Gasteiger partial charge in [0, 0.05) is 24.3 Å². The summed E-state index contributed by atoms with van der Waals surface area (Å²) in [6.07, 6.45) is -2.47. The first-order valence-electron chi connectivity index (χ1n) is 9.41. The summed E-state index contributed by atoms with van der Waals surface area (Å²) in [5.74, 6) is -6.86. The monoisotopic (exact) mass is 456 g/mol. The highest BCUT2D eigenvalue weighted by molar-refractivity contribution is 6.32. The van der Waals surface area contributed by atoms with Crippen LogP contribution in [0.4, 0.5) is 18.9 Å². The number of carbonyl (C=O) groups excluding carboxylic acids is 2. The van der Waals surface area contributed by atoms with Gasteiger partial charge in [-0.15, -0.1) is 0 Å². The van der Waals surface area contributed by atoms with Crippen LogP contribution in [0, 0.1) is 12.7 Å². The number of aliphatic hydroxyl groups excluding tert-OH is 2. The molecule has 31 heavy (non-hydrogen) atoms. The van der Waals surface area contributed by atoms with Crippen molar-refractivity contribution in [2.24, 2.45) is 0 Å². The lowest BCUT2D eigenvalue weighted by atomic mass is 10.0. The van der Waals surface area contributed by atoms with E-state index < -0.39 is 52.9 Å². The fraction of sp³-hybridized carbons (Fsp3) is 0.333. The van der Waals surface area contributed by atoms with Crippen molar-refractivity contribution < 1.29 is 33.0 Å². The second-order valence-electron chi connectivity index (χ2n) is 7.36. The largest absolute Gasteiger partial charge is 0.390 e. The van der Waals surface area contributed by atoms with Gasteiger partial charge in [-0.2, -0.15) is 8.78 Å². The van der Waals surface area contributed by atoms with Crippen LogP contribution in [-0.4, -0.2) is 52.2 Å². The number of alkyl halides is 2. The lowest BCUT2D eigenvalue weighted by molar-refractivity contribution is -0.165. The molecule has 166 valence electrons. The predicted octanol–water partition coefficient (Wildman–Crippen LogP) is 3.09. The van der Waals surface area contributed by atoms with Gasteiger partial charge in [0.15, 0.2) is 0 Å².